The molecule has 0 amide bonds. The van der Waals surface area contributed by atoms with Gasteiger partial charge in [-0.2, -0.15) is 0 Å². The molecule has 162 valence electrons. The van der Waals surface area contributed by atoms with Gasteiger partial charge in [0.15, 0.2) is 0 Å². The summed E-state index contributed by atoms with van der Waals surface area (Å²) in [5, 5.41) is 8.57. The first-order valence-corrected chi connectivity index (χ1v) is 12.6. The Labute approximate surface area is 202 Å². The lowest BCUT2D eigenvalue weighted by Crippen LogP contribution is -1.92. The molecule has 0 fully saturated rings. The number of hydrogen-bond donors (Lipinski definition) is 0. The molecule has 35 heavy (non-hydrogen) atoms. The van der Waals surface area contributed by atoms with Crippen molar-refractivity contribution in [1.29, 1.82) is 0 Å². The Hall–Kier alpha value is -4.41. The van der Waals surface area contributed by atoms with Crippen molar-refractivity contribution in [1.82, 2.24) is 9.38 Å². The number of para-hydroxylation sites is 3. The summed E-state index contributed by atoms with van der Waals surface area (Å²) in [6.07, 6.45) is 0. The zero-order valence-electron chi connectivity index (χ0n) is 18.4. The molecule has 5 aromatic carbocycles. The number of nitrogens with zero attached hydrogens (tertiary/aromatic N) is 2. The van der Waals surface area contributed by atoms with Gasteiger partial charge in [0.25, 0.3) is 0 Å². The lowest BCUT2D eigenvalue weighted by molar-refractivity contribution is 0.669. The van der Waals surface area contributed by atoms with Crippen LogP contribution in [0.4, 0.5) is 0 Å². The number of imidazole rings is 1. The molecule has 0 spiro atoms. The van der Waals surface area contributed by atoms with Gasteiger partial charge in [-0.25, -0.2) is 4.98 Å². The van der Waals surface area contributed by atoms with Gasteiger partial charge in [-0.3, -0.25) is 4.40 Å². The van der Waals surface area contributed by atoms with Gasteiger partial charge in [0, 0.05) is 47.1 Å². The van der Waals surface area contributed by atoms with Crippen LogP contribution in [0.3, 0.4) is 0 Å². The van der Waals surface area contributed by atoms with Crippen molar-refractivity contribution in [3.05, 3.63) is 97.1 Å². The van der Waals surface area contributed by atoms with Crippen LogP contribution in [0.1, 0.15) is 0 Å². The van der Waals surface area contributed by atoms with Crippen LogP contribution in [0.15, 0.2) is 101 Å². The van der Waals surface area contributed by atoms with Gasteiger partial charge in [-0.15, -0.1) is 11.3 Å². The third-order valence-electron chi connectivity index (χ3n) is 7.36. The van der Waals surface area contributed by atoms with E-state index < -0.39 is 0 Å². The van der Waals surface area contributed by atoms with E-state index >= 15 is 0 Å². The molecule has 0 atom stereocenters. The minimum absolute atomic E-state index is 0.915. The Balaban J connectivity index is 1.71. The Morgan fingerprint density at radius 3 is 2.34 bits per heavy atom. The van der Waals surface area contributed by atoms with Crippen molar-refractivity contribution in [2.45, 2.75) is 0 Å². The highest BCUT2D eigenvalue weighted by Gasteiger charge is 2.21. The van der Waals surface area contributed by atoms with Crippen molar-refractivity contribution in [2.75, 3.05) is 0 Å². The van der Waals surface area contributed by atoms with Gasteiger partial charge in [0.05, 0.1) is 16.6 Å². The summed E-state index contributed by atoms with van der Waals surface area (Å²) in [5.74, 6) is 0. The van der Waals surface area contributed by atoms with E-state index in [4.69, 9.17) is 9.40 Å². The number of benzene rings is 5. The molecule has 0 radical (unpaired) electrons. The summed E-state index contributed by atoms with van der Waals surface area (Å²) in [6, 6.07) is 34.3. The number of fused-ring (bicyclic) bond motifs is 16. The maximum atomic E-state index is 6.33. The van der Waals surface area contributed by atoms with E-state index in [1.165, 1.54) is 41.8 Å². The molecule has 0 saturated heterocycles. The first kappa shape index (κ1) is 18.0. The minimum Gasteiger partial charge on any atom is -0.456 e. The van der Waals surface area contributed by atoms with Crippen molar-refractivity contribution in [2.24, 2.45) is 0 Å². The van der Waals surface area contributed by atoms with Crippen molar-refractivity contribution in [3.63, 3.8) is 0 Å². The minimum atomic E-state index is 0.915. The monoisotopic (exact) mass is 464 g/mol. The van der Waals surface area contributed by atoms with Gasteiger partial charge in [0.1, 0.15) is 16.8 Å². The molecular weight excluding hydrogens is 448 g/mol. The van der Waals surface area contributed by atoms with Crippen LogP contribution in [0.25, 0.3) is 80.5 Å². The van der Waals surface area contributed by atoms with E-state index in [1.807, 2.05) is 17.4 Å². The van der Waals surface area contributed by atoms with E-state index in [-0.39, 0.29) is 0 Å². The molecule has 9 rings (SSSR count). The van der Waals surface area contributed by atoms with Gasteiger partial charge >= 0.3 is 0 Å². The standard InChI is InChI=1S/C31H16N2OS/c1-5-11-24-19(8-1)27-25(34-24)16-14-20-28(27)29-23(33-22-10-4-3-9-21(22)32-31(20)33)15-13-18-17-7-2-6-12-26(17)35-30(18)29/h1-16H. The molecule has 0 N–H and O–H groups in total. The molecule has 0 bridgehead atoms. The second-order valence-corrected chi connectivity index (χ2v) is 10.2. The number of aromatic nitrogens is 2. The second-order valence-electron chi connectivity index (χ2n) is 9.15. The van der Waals surface area contributed by atoms with Crippen LogP contribution in [0.5, 0.6) is 0 Å². The Bertz CT molecular complexity index is 2330. The number of pyridine rings is 1. The third-order valence-corrected chi connectivity index (χ3v) is 8.57. The molecule has 0 saturated carbocycles. The molecule has 4 heterocycles. The number of thiophene rings is 1. The average molecular weight is 465 g/mol. The fraction of sp³-hybridized carbons (Fsp3) is 0. The van der Waals surface area contributed by atoms with Gasteiger partial charge < -0.3 is 4.42 Å². The fourth-order valence-electron chi connectivity index (χ4n) is 5.92. The Morgan fingerprint density at radius 2 is 1.37 bits per heavy atom. The van der Waals surface area contributed by atoms with Crippen molar-refractivity contribution in [3.8, 4) is 0 Å². The van der Waals surface area contributed by atoms with Gasteiger partial charge in [0.2, 0.25) is 0 Å². The molecular formula is C31H16N2OS. The Morgan fingerprint density at radius 1 is 0.571 bits per heavy atom. The predicted molar refractivity (Wildman–Crippen MR) is 148 cm³/mol. The van der Waals surface area contributed by atoms with E-state index in [0.29, 0.717) is 0 Å². The molecule has 3 nitrogen and oxygen atoms in total. The van der Waals surface area contributed by atoms with Crippen LogP contribution in [-0.4, -0.2) is 9.38 Å². The number of rotatable bonds is 0. The van der Waals surface area contributed by atoms with Gasteiger partial charge in [-0.1, -0.05) is 54.6 Å². The highest BCUT2D eigenvalue weighted by atomic mass is 32.1. The maximum Gasteiger partial charge on any atom is 0.146 e. The van der Waals surface area contributed by atoms with E-state index in [2.05, 4.69) is 95.4 Å². The summed E-state index contributed by atoms with van der Waals surface area (Å²) in [4.78, 5) is 5.12. The van der Waals surface area contributed by atoms with E-state index in [0.717, 1.165) is 38.6 Å². The average Bonchev–Trinajstić information content (AvgIpc) is 3.59. The summed E-state index contributed by atoms with van der Waals surface area (Å²) >= 11 is 1.87. The normalized spacial score (nSPS) is 12.6. The fourth-order valence-corrected chi connectivity index (χ4v) is 7.17. The molecule has 0 aliphatic rings. The topological polar surface area (TPSA) is 30.4 Å². The lowest BCUT2D eigenvalue weighted by Gasteiger charge is -2.11. The SMILES string of the molecule is c1ccc2c(c1)nc1c3ccc4oc5ccccc5c4c3c3c4sc5ccccc5c4ccc3n21. The molecule has 4 aromatic heterocycles. The van der Waals surface area contributed by atoms with Crippen LogP contribution in [0, 0.1) is 0 Å². The van der Waals surface area contributed by atoms with Gasteiger partial charge in [-0.05, 0) is 42.5 Å². The van der Waals surface area contributed by atoms with Crippen molar-refractivity contribution >= 4 is 91.8 Å². The molecule has 4 heteroatoms. The molecule has 0 aliphatic carbocycles. The van der Waals surface area contributed by atoms with E-state index in [1.54, 1.807) is 0 Å². The quantitative estimate of drug-likeness (QED) is 0.210. The first-order valence-electron chi connectivity index (χ1n) is 11.7. The largest absolute Gasteiger partial charge is 0.456 e. The molecule has 9 aromatic rings. The smallest absolute Gasteiger partial charge is 0.146 e. The third kappa shape index (κ3) is 2.14. The highest BCUT2D eigenvalue weighted by Crippen LogP contribution is 2.46. The highest BCUT2D eigenvalue weighted by molar-refractivity contribution is 7.26. The summed E-state index contributed by atoms with van der Waals surface area (Å²) in [5.41, 5.74) is 6.14. The van der Waals surface area contributed by atoms with Crippen LogP contribution in [0.2, 0.25) is 0 Å². The number of furan rings is 1. The van der Waals surface area contributed by atoms with Crippen molar-refractivity contribution < 1.29 is 4.42 Å². The summed E-state index contributed by atoms with van der Waals surface area (Å²) in [6.45, 7) is 0. The summed E-state index contributed by atoms with van der Waals surface area (Å²) in [7, 11) is 0. The zero-order chi connectivity index (χ0) is 22.7. The van der Waals surface area contributed by atoms with Crippen LogP contribution >= 0.6 is 11.3 Å². The van der Waals surface area contributed by atoms with Crippen LogP contribution < -0.4 is 0 Å². The van der Waals surface area contributed by atoms with E-state index in [9.17, 15) is 0 Å². The first-order chi connectivity index (χ1) is 17.4. The molecule has 0 unspecified atom stereocenters. The number of hydrogen-bond acceptors (Lipinski definition) is 3. The zero-order valence-corrected chi connectivity index (χ0v) is 19.3. The maximum absolute atomic E-state index is 6.33. The predicted octanol–water partition coefficient (Wildman–Crippen LogP) is 9.06. The second kappa shape index (κ2) is 6.17. The lowest BCUT2D eigenvalue weighted by atomic mass is 9.98. The van der Waals surface area contributed by atoms with Crippen LogP contribution in [-0.2, 0) is 0 Å². The molecule has 0 aliphatic heterocycles. The summed E-state index contributed by atoms with van der Waals surface area (Å²) < 4.78 is 11.3. The Kier molecular flexibility index (Phi) is 3.17.